The molecule has 1 N–H and O–H groups in total. The van der Waals surface area contributed by atoms with Gasteiger partial charge in [0.25, 0.3) is 0 Å². The fourth-order valence-corrected chi connectivity index (χ4v) is 2.89. The van der Waals surface area contributed by atoms with Crippen LogP contribution < -0.4 is 4.90 Å². The summed E-state index contributed by atoms with van der Waals surface area (Å²) in [6.45, 7) is 2.34. The molecule has 1 amide bonds. The van der Waals surface area contributed by atoms with Crippen LogP contribution in [0.15, 0.2) is 54.9 Å². The second kappa shape index (κ2) is 9.57. The molecule has 7 nitrogen and oxygen atoms in total. The highest BCUT2D eigenvalue weighted by atomic mass is 16.3. The number of rotatable bonds is 6. The van der Waals surface area contributed by atoms with Gasteiger partial charge in [-0.3, -0.25) is 14.6 Å². The van der Waals surface area contributed by atoms with Gasteiger partial charge < -0.3 is 14.9 Å². The van der Waals surface area contributed by atoms with Crippen LogP contribution in [0.4, 0.5) is 5.69 Å². The third-order valence-corrected chi connectivity index (χ3v) is 4.40. The normalized spacial score (nSPS) is 14.8. The number of carbonyl (C=O) groups is 2. The van der Waals surface area contributed by atoms with Gasteiger partial charge in [0.15, 0.2) is 5.78 Å². The van der Waals surface area contributed by atoms with Crippen molar-refractivity contribution < 1.29 is 14.7 Å². The fraction of sp³-hybridized carbons (Fsp3) is 0.238. The van der Waals surface area contributed by atoms with Gasteiger partial charge in [0.05, 0.1) is 11.4 Å². The second-order valence-electron chi connectivity index (χ2n) is 6.30. The first-order valence-corrected chi connectivity index (χ1v) is 9.06. The number of amides is 1. The van der Waals surface area contributed by atoms with Crippen LogP contribution >= 0.6 is 0 Å². The molecule has 0 aromatic carbocycles. The first-order valence-electron chi connectivity index (χ1n) is 9.06. The third kappa shape index (κ3) is 5.34. The van der Waals surface area contributed by atoms with Crippen LogP contribution in [-0.4, -0.2) is 64.5 Å². The Morgan fingerprint density at radius 3 is 2.25 bits per heavy atom. The highest BCUT2D eigenvalue weighted by molar-refractivity contribution is 5.94. The monoisotopic (exact) mass is 378 g/mol. The molecular weight excluding hydrogens is 356 g/mol. The molecule has 0 atom stereocenters. The maximum Gasteiger partial charge on any atom is 0.246 e. The Morgan fingerprint density at radius 2 is 1.61 bits per heavy atom. The van der Waals surface area contributed by atoms with E-state index in [1.165, 1.54) is 18.2 Å². The Labute approximate surface area is 163 Å². The highest BCUT2D eigenvalue weighted by Gasteiger charge is 2.19. The summed E-state index contributed by atoms with van der Waals surface area (Å²) < 4.78 is 0. The third-order valence-electron chi connectivity index (χ3n) is 4.40. The van der Waals surface area contributed by atoms with Crippen molar-refractivity contribution in [1.82, 2.24) is 14.9 Å². The summed E-state index contributed by atoms with van der Waals surface area (Å²) in [5, 5.41) is 8.74. The lowest BCUT2D eigenvalue weighted by molar-refractivity contribution is -0.126. The van der Waals surface area contributed by atoms with Gasteiger partial charge >= 0.3 is 0 Å². The van der Waals surface area contributed by atoms with E-state index in [1.807, 2.05) is 17.0 Å². The molecule has 3 heterocycles. The SMILES string of the molecule is O=C(/C=C/c1cccc(/C=C/C(=O)N2CCN(c3ccncc3)CC2)n1)CO. The van der Waals surface area contributed by atoms with Crippen molar-refractivity contribution in [2.24, 2.45) is 0 Å². The van der Waals surface area contributed by atoms with Gasteiger partial charge in [-0.1, -0.05) is 6.07 Å². The average molecular weight is 378 g/mol. The van der Waals surface area contributed by atoms with Crippen LogP contribution in [0.1, 0.15) is 11.4 Å². The highest BCUT2D eigenvalue weighted by Crippen LogP contribution is 2.15. The molecule has 1 aliphatic rings. The van der Waals surface area contributed by atoms with E-state index in [-0.39, 0.29) is 11.7 Å². The molecule has 2 aromatic heterocycles. The predicted octanol–water partition coefficient (Wildman–Crippen LogP) is 1.41. The summed E-state index contributed by atoms with van der Waals surface area (Å²) in [6, 6.07) is 9.28. The molecule has 0 radical (unpaired) electrons. The van der Waals surface area contributed by atoms with Crippen LogP contribution in [0.2, 0.25) is 0 Å². The second-order valence-corrected chi connectivity index (χ2v) is 6.30. The molecule has 0 saturated carbocycles. The minimum Gasteiger partial charge on any atom is -0.388 e. The first kappa shape index (κ1) is 19.4. The molecule has 1 aliphatic heterocycles. The Bertz CT molecular complexity index is 872. The molecule has 7 heteroatoms. The zero-order chi connectivity index (χ0) is 19.8. The summed E-state index contributed by atoms with van der Waals surface area (Å²) in [4.78, 5) is 36.0. The quantitative estimate of drug-likeness (QED) is 0.765. The van der Waals surface area contributed by atoms with Crippen LogP contribution in [0, 0.1) is 0 Å². The van der Waals surface area contributed by atoms with Crippen molar-refractivity contribution in [2.45, 2.75) is 0 Å². The van der Waals surface area contributed by atoms with Crippen molar-refractivity contribution in [3.05, 3.63) is 66.3 Å². The van der Waals surface area contributed by atoms with E-state index in [0.717, 1.165) is 18.8 Å². The molecule has 0 spiro atoms. The average Bonchev–Trinajstić information content (AvgIpc) is 2.76. The number of pyridine rings is 2. The van der Waals surface area contributed by atoms with E-state index in [0.29, 0.717) is 24.5 Å². The number of hydrogen-bond acceptors (Lipinski definition) is 6. The molecule has 1 fully saturated rings. The van der Waals surface area contributed by atoms with Gasteiger partial charge in [0.2, 0.25) is 5.91 Å². The van der Waals surface area contributed by atoms with Crippen molar-refractivity contribution in [2.75, 3.05) is 37.7 Å². The number of piperazine rings is 1. The summed E-state index contributed by atoms with van der Waals surface area (Å²) >= 11 is 0. The molecule has 28 heavy (non-hydrogen) atoms. The molecule has 1 saturated heterocycles. The number of aliphatic hydroxyl groups is 1. The van der Waals surface area contributed by atoms with E-state index in [2.05, 4.69) is 14.9 Å². The Morgan fingerprint density at radius 1 is 0.964 bits per heavy atom. The number of carbonyl (C=O) groups excluding carboxylic acids is 2. The Balaban J connectivity index is 1.56. The summed E-state index contributed by atoms with van der Waals surface area (Å²) in [5.41, 5.74) is 2.33. The van der Waals surface area contributed by atoms with Crippen LogP contribution in [-0.2, 0) is 9.59 Å². The summed E-state index contributed by atoms with van der Waals surface area (Å²) in [5.74, 6) is -0.434. The van der Waals surface area contributed by atoms with E-state index in [9.17, 15) is 9.59 Å². The topological polar surface area (TPSA) is 86.6 Å². The lowest BCUT2D eigenvalue weighted by atomic mass is 10.2. The van der Waals surface area contributed by atoms with E-state index < -0.39 is 6.61 Å². The van der Waals surface area contributed by atoms with E-state index in [1.54, 1.807) is 36.7 Å². The number of anilines is 1. The number of hydrogen-bond donors (Lipinski definition) is 1. The molecule has 2 aromatic rings. The minimum absolute atomic E-state index is 0.0485. The van der Waals surface area contributed by atoms with E-state index >= 15 is 0 Å². The van der Waals surface area contributed by atoms with Gasteiger partial charge in [0, 0.05) is 50.3 Å². The Kier molecular flexibility index (Phi) is 6.64. The van der Waals surface area contributed by atoms with Gasteiger partial charge in [-0.15, -0.1) is 0 Å². The van der Waals surface area contributed by atoms with Gasteiger partial charge in [0.1, 0.15) is 6.61 Å². The van der Waals surface area contributed by atoms with Crippen LogP contribution in [0.3, 0.4) is 0 Å². The maximum absolute atomic E-state index is 12.4. The van der Waals surface area contributed by atoms with Crippen molar-refractivity contribution in [3.63, 3.8) is 0 Å². The molecular formula is C21H22N4O3. The lowest BCUT2D eigenvalue weighted by Gasteiger charge is -2.35. The van der Waals surface area contributed by atoms with Crippen molar-refractivity contribution in [1.29, 1.82) is 0 Å². The maximum atomic E-state index is 12.4. The zero-order valence-corrected chi connectivity index (χ0v) is 15.4. The zero-order valence-electron chi connectivity index (χ0n) is 15.4. The predicted molar refractivity (Wildman–Crippen MR) is 107 cm³/mol. The van der Waals surface area contributed by atoms with Crippen LogP contribution in [0.5, 0.6) is 0 Å². The van der Waals surface area contributed by atoms with Gasteiger partial charge in [-0.05, 0) is 42.5 Å². The molecule has 0 bridgehead atoms. The molecule has 144 valence electrons. The number of aliphatic hydroxyl groups excluding tert-OH is 1. The lowest BCUT2D eigenvalue weighted by Crippen LogP contribution is -2.48. The van der Waals surface area contributed by atoms with E-state index in [4.69, 9.17) is 5.11 Å². The summed E-state index contributed by atoms with van der Waals surface area (Å²) in [7, 11) is 0. The molecule has 3 rings (SSSR count). The van der Waals surface area contributed by atoms with Crippen molar-refractivity contribution in [3.8, 4) is 0 Å². The standard InChI is InChI=1S/C21H22N4O3/c26-16-20(27)6-4-17-2-1-3-18(23-17)5-7-21(28)25-14-12-24(13-15-25)19-8-10-22-11-9-19/h1-11,26H,12-16H2/b6-4+,7-5+. The molecule has 0 unspecified atom stereocenters. The smallest absolute Gasteiger partial charge is 0.246 e. The fourth-order valence-electron chi connectivity index (χ4n) is 2.89. The minimum atomic E-state index is -0.529. The van der Waals surface area contributed by atoms with Crippen LogP contribution in [0.25, 0.3) is 12.2 Å². The summed E-state index contributed by atoms with van der Waals surface area (Å²) in [6.07, 6.45) is 9.55. The number of nitrogens with zero attached hydrogens (tertiary/aromatic N) is 4. The van der Waals surface area contributed by atoms with Crippen molar-refractivity contribution >= 4 is 29.5 Å². The van der Waals surface area contributed by atoms with Gasteiger partial charge in [-0.25, -0.2) is 4.98 Å². The first-order chi connectivity index (χ1) is 13.7. The van der Waals surface area contributed by atoms with Gasteiger partial charge in [-0.2, -0.15) is 0 Å². The number of ketones is 1. The number of aromatic nitrogens is 2. The molecule has 0 aliphatic carbocycles. The Hall–Kier alpha value is -3.32. The largest absolute Gasteiger partial charge is 0.388 e.